The van der Waals surface area contributed by atoms with Gasteiger partial charge in [0.1, 0.15) is 0 Å². The molecule has 0 amide bonds. The van der Waals surface area contributed by atoms with Gasteiger partial charge in [-0.05, 0) is 34.5 Å². The molecule has 0 bridgehead atoms. The first kappa shape index (κ1) is 11.8. The maximum Gasteiger partial charge on any atom is 0.0809 e. The summed E-state index contributed by atoms with van der Waals surface area (Å²) in [5.41, 5.74) is 5.08. The molecular formula is C13H13N3S2. The van der Waals surface area contributed by atoms with Crippen molar-refractivity contribution < 1.29 is 0 Å². The number of hydrogen-bond donors (Lipinski definition) is 2. The van der Waals surface area contributed by atoms with Crippen molar-refractivity contribution >= 4 is 32.9 Å². The Hall–Kier alpha value is -1.27. The molecule has 3 N–H and O–H groups in total. The molecule has 0 aliphatic carbocycles. The van der Waals surface area contributed by atoms with E-state index in [4.69, 9.17) is 5.84 Å². The minimum atomic E-state index is 0.114. The maximum absolute atomic E-state index is 5.67. The van der Waals surface area contributed by atoms with Crippen molar-refractivity contribution in [2.75, 3.05) is 0 Å². The van der Waals surface area contributed by atoms with Gasteiger partial charge in [0.15, 0.2) is 0 Å². The van der Waals surface area contributed by atoms with Crippen molar-refractivity contribution in [3.8, 4) is 0 Å². The fourth-order valence-corrected chi connectivity index (χ4v) is 3.50. The molecule has 3 nitrogen and oxygen atoms in total. The number of aromatic nitrogens is 1. The van der Waals surface area contributed by atoms with Crippen LogP contribution in [-0.4, -0.2) is 4.98 Å². The molecule has 0 aromatic carbocycles. The number of hydrogen-bond acceptors (Lipinski definition) is 5. The van der Waals surface area contributed by atoms with Gasteiger partial charge in [-0.25, -0.2) is 0 Å². The Morgan fingerprint density at radius 1 is 1.28 bits per heavy atom. The van der Waals surface area contributed by atoms with Crippen LogP contribution in [0.15, 0.2) is 41.2 Å². The van der Waals surface area contributed by atoms with Crippen LogP contribution in [0.2, 0.25) is 0 Å². The Morgan fingerprint density at radius 3 is 3.00 bits per heavy atom. The summed E-state index contributed by atoms with van der Waals surface area (Å²) < 4.78 is 1.21. The van der Waals surface area contributed by atoms with Crippen molar-refractivity contribution in [2.24, 2.45) is 5.84 Å². The van der Waals surface area contributed by atoms with E-state index >= 15 is 0 Å². The molecule has 3 rings (SSSR count). The molecule has 3 aromatic rings. The minimum absolute atomic E-state index is 0.114. The molecule has 0 aliphatic heterocycles. The fraction of sp³-hybridized carbons (Fsp3) is 0.154. The highest BCUT2D eigenvalue weighted by atomic mass is 32.1. The summed E-state index contributed by atoms with van der Waals surface area (Å²) in [7, 11) is 0. The molecule has 3 heterocycles. The Kier molecular flexibility index (Phi) is 3.38. The van der Waals surface area contributed by atoms with Gasteiger partial charge in [-0.3, -0.25) is 16.3 Å². The van der Waals surface area contributed by atoms with E-state index in [0.717, 1.165) is 17.5 Å². The van der Waals surface area contributed by atoms with Gasteiger partial charge in [-0.15, -0.1) is 22.7 Å². The van der Waals surface area contributed by atoms with Gasteiger partial charge < -0.3 is 0 Å². The highest BCUT2D eigenvalue weighted by Crippen LogP contribution is 2.25. The molecule has 0 radical (unpaired) electrons. The number of nitrogens with two attached hydrogens (primary N) is 1. The first-order chi connectivity index (χ1) is 8.86. The lowest BCUT2D eigenvalue weighted by molar-refractivity contribution is 0.555. The quantitative estimate of drug-likeness (QED) is 0.568. The van der Waals surface area contributed by atoms with Gasteiger partial charge in [-0.1, -0.05) is 6.07 Å². The van der Waals surface area contributed by atoms with Gasteiger partial charge in [0.2, 0.25) is 0 Å². The summed E-state index contributed by atoms with van der Waals surface area (Å²) in [5, 5.41) is 4.15. The lowest BCUT2D eigenvalue weighted by Gasteiger charge is -2.15. The first-order valence-electron chi connectivity index (χ1n) is 5.68. The zero-order valence-corrected chi connectivity index (χ0v) is 11.3. The highest BCUT2D eigenvalue weighted by Gasteiger charge is 2.12. The largest absolute Gasteiger partial charge is 0.271 e. The van der Waals surface area contributed by atoms with Crippen LogP contribution in [0.1, 0.15) is 16.5 Å². The number of pyridine rings is 1. The smallest absolute Gasteiger partial charge is 0.0809 e. The standard InChI is InChI=1S/C13H13N3S2/c14-16-12(7-10-2-1-4-17-10)9-6-13-11(15-8-9)3-5-18-13/h1-6,8,12,16H,7,14H2. The molecule has 1 atom stereocenters. The van der Waals surface area contributed by atoms with Gasteiger partial charge in [0.25, 0.3) is 0 Å². The third kappa shape index (κ3) is 2.30. The number of thiophene rings is 2. The van der Waals surface area contributed by atoms with Crippen molar-refractivity contribution in [1.29, 1.82) is 0 Å². The lowest BCUT2D eigenvalue weighted by atomic mass is 10.1. The fourth-order valence-electron chi connectivity index (χ4n) is 1.96. The highest BCUT2D eigenvalue weighted by molar-refractivity contribution is 7.17. The summed E-state index contributed by atoms with van der Waals surface area (Å²) in [5.74, 6) is 5.67. The maximum atomic E-state index is 5.67. The van der Waals surface area contributed by atoms with Crippen LogP contribution in [0.25, 0.3) is 10.2 Å². The number of rotatable bonds is 4. The van der Waals surface area contributed by atoms with Crippen molar-refractivity contribution in [1.82, 2.24) is 10.4 Å². The van der Waals surface area contributed by atoms with Crippen LogP contribution in [0.4, 0.5) is 0 Å². The topological polar surface area (TPSA) is 50.9 Å². The summed E-state index contributed by atoms with van der Waals surface area (Å²) in [6, 6.07) is 8.52. The molecular weight excluding hydrogens is 262 g/mol. The molecule has 92 valence electrons. The average molecular weight is 275 g/mol. The molecule has 1 unspecified atom stereocenters. The molecule has 0 saturated heterocycles. The minimum Gasteiger partial charge on any atom is -0.271 e. The molecule has 0 saturated carbocycles. The summed E-state index contributed by atoms with van der Waals surface area (Å²) in [6.07, 6.45) is 2.81. The van der Waals surface area contributed by atoms with Crippen LogP contribution < -0.4 is 11.3 Å². The number of nitrogens with zero attached hydrogens (tertiary/aromatic N) is 1. The number of hydrazine groups is 1. The summed E-state index contributed by atoms with van der Waals surface area (Å²) in [4.78, 5) is 5.78. The third-order valence-corrected chi connectivity index (χ3v) is 4.66. The van der Waals surface area contributed by atoms with E-state index in [1.807, 2.05) is 12.3 Å². The lowest BCUT2D eigenvalue weighted by Crippen LogP contribution is -2.29. The molecule has 0 aliphatic rings. The molecule has 3 aromatic heterocycles. The van der Waals surface area contributed by atoms with Crippen molar-refractivity contribution in [2.45, 2.75) is 12.5 Å². The van der Waals surface area contributed by atoms with Gasteiger partial charge in [-0.2, -0.15) is 0 Å². The van der Waals surface area contributed by atoms with Gasteiger partial charge >= 0.3 is 0 Å². The monoisotopic (exact) mass is 275 g/mol. The van der Waals surface area contributed by atoms with Crippen molar-refractivity contribution in [3.63, 3.8) is 0 Å². The second-order valence-corrected chi connectivity index (χ2v) is 6.06. The van der Waals surface area contributed by atoms with E-state index in [9.17, 15) is 0 Å². The second-order valence-electron chi connectivity index (χ2n) is 4.08. The average Bonchev–Trinajstić information content (AvgIpc) is 3.06. The zero-order valence-electron chi connectivity index (χ0n) is 9.67. The SMILES string of the molecule is NNC(Cc1cccs1)c1cnc2ccsc2c1. The van der Waals surface area contributed by atoms with Crippen LogP contribution in [-0.2, 0) is 6.42 Å². The van der Waals surface area contributed by atoms with Gasteiger partial charge in [0.05, 0.1) is 16.3 Å². The number of nitrogens with one attached hydrogen (secondary N) is 1. The first-order valence-corrected chi connectivity index (χ1v) is 7.44. The summed E-state index contributed by atoms with van der Waals surface area (Å²) in [6.45, 7) is 0. The Bertz CT molecular complexity index is 631. The van der Waals surface area contributed by atoms with E-state index in [2.05, 4.69) is 39.4 Å². The normalized spacial score (nSPS) is 12.9. The Labute approximate surface area is 113 Å². The van der Waals surface area contributed by atoms with Crippen LogP contribution in [0.3, 0.4) is 0 Å². The Balaban J connectivity index is 1.90. The number of fused-ring (bicyclic) bond motifs is 1. The Morgan fingerprint density at radius 2 is 2.22 bits per heavy atom. The predicted molar refractivity (Wildman–Crippen MR) is 77.7 cm³/mol. The van der Waals surface area contributed by atoms with E-state index in [0.29, 0.717) is 0 Å². The molecule has 5 heteroatoms. The van der Waals surface area contributed by atoms with Crippen LogP contribution in [0, 0.1) is 0 Å². The molecule has 0 spiro atoms. The molecule has 18 heavy (non-hydrogen) atoms. The van der Waals surface area contributed by atoms with Crippen molar-refractivity contribution in [3.05, 3.63) is 51.7 Å². The van der Waals surface area contributed by atoms with Crippen LogP contribution in [0.5, 0.6) is 0 Å². The van der Waals surface area contributed by atoms with E-state index < -0.39 is 0 Å². The van der Waals surface area contributed by atoms with Crippen LogP contribution >= 0.6 is 22.7 Å². The summed E-state index contributed by atoms with van der Waals surface area (Å²) >= 11 is 3.46. The molecule has 0 fully saturated rings. The van der Waals surface area contributed by atoms with E-state index in [-0.39, 0.29) is 6.04 Å². The second kappa shape index (κ2) is 5.16. The third-order valence-electron chi connectivity index (χ3n) is 2.91. The van der Waals surface area contributed by atoms with E-state index in [1.165, 1.54) is 9.58 Å². The van der Waals surface area contributed by atoms with Gasteiger partial charge in [0, 0.05) is 17.5 Å². The predicted octanol–water partition coefficient (Wildman–Crippen LogP) is 3.10. The zero-order chi connectivity index (χ0) is 12.4. The van der Waals surface area contributed by atoms with E-state index in [1.54, 1.807) is 22.7 Å².